The van der Waals surface area contributed by atoms with E-state index in [-0.39, 0.29) is 11.8 Å². The highest BCUT2D eigenvalue weighted by molar-refractivity contribution is 6.01. The van der Waals surface area contributed by atoms with E-state index in [9.17, 15) is 9.59 Å². The molecule has 0 saturated carbocycles. The number of amides is 2. The van der Waals surface area contributed by atoms with Gasteiger partial charge in [0.25, 0.3) is 0 Å². The number of urea groups is 1. The van der Waals surface area contributed by atoms with Crippen molar-refractivity contribution in [3.8, 4) is 11.5 Å². The molecule has 4 aromatic rings. The third-order valence-electron chi connectivity index (χ3n) is 4.44. The minimum Gasteiger partial charge on any atom is -0.457 e. The molecule has 2 heterocycles. The highest BCUT2D eigenvalue weighted by atomic mass is 16.5. The number of aryl methyl sites for hydroxylation is 1. The number of fused-ring (bicyclic) bond motifs is 1. The van der Waals surface area contributed by atoms with Crippen molar-refractivity contribution < 1.29 is 14.3 Å². The van der Waals surface area contributed by atoms with E-state index in [2.05, 4.69) is 20.7 Å². The van der Waals surface area contributed by atoms with Gasteiger partial charge in [0.2, 0.25) is 0 Å². The predicted octanol–water partition coefficient (Wildman–Crippen LogP) is 4.61. The van der Waals surface area contributed by atoms with Gasteiger partial charge in [-0.25, -0.2) is 4.79 Å². The highest BCUT2D eigenvalue weighted by Crippen LogP contribution is 2.24. The summed E-state index contributed by atoms with van der Waals surface area (Å²) in [5.74, 6) is 0.955. The first kappa shape index (κ1) is 19.1. The lowest BCUT2D eigenvalue weighted by atomic mass is 10.2. The Labute approximate surface area is 172 Å². The molecule has 0 saturated heterocycles. The first-order valence-electron chi connectivity index (χ1n) is 9.22. The maximum atomic E-state index is 12.3. The van der Waals surface area contributed by atoms with E-state index in [4.69, 9.17) is 4.74 Å². The lowest BCUT2D eigenvalue weighted by molar-refractivity contribution is 0.101. The van der Waals surface area contributed by atoms with Crippen LogP contribution in [0.1, 0.15) is 17.4 Å². The van der Waals surface area contributed by atoms with E-state index in [1.54, 1.807) is 47.3 Å². The number of carbonyl (C=O) groups is 2. The molecule has 150 valence electrons. The number of anilines is 2. The molecule has 4 rings (SSSR count). The van der Waals surface area contributed by atoms with Gasteiger partial charge in [-0.1, -0.05) is 0 Å². The number of carbonyl (C=O) groups excluding carboxylic acids is 2. The molecule has 0 spiro atoms. The van der Waals surface area contributed by atoms with Gasteiger partial charge < -0.3 is 15.4 Å². The molecule has 8 heteroatoms. The zero-order valence-electron chi connectivity index (χ0n) is 16.4. The van der Waals surface area contributed by atoms with Gasteiger partial charge in [0.15, 0.2) is 5.78 Å². The van der Waals surface area contributed by atoms with E-state index in [1.165, 1.54) is 13.1 Å². The standard InChI is InChI=1S/C22H19N5O3/c1-14(28)20-12-19(9-10-23-20)30-18-6-3-16(4-7-18)25-22(29)26-17-5-8-21-15(11-17)13-24-27(21)2/h3-13H,1-2H3,(H2,25,26,29). The summed E-state index contributed by atoms with van der Waals surface area (Å²) < 4.78 is 7.51. The average Bonchev–Trinajstić information content (AvgIpc) is 3.10. The summed E-state index contributed by atoms with van der Waals surface area (Å²) in [7, 11) is 1.87. The number of Topliss-reactive ketones (excluding diaryl/α,β-unsaturated/α-hetero) is 1. The number of rotatable bonds is 5. The Kier molecular flexibility index (Phi) is 5.13. The summed E-state index contributed by atoms with van der Waals surface area (Å²) in [6.07, 6.45) is 3.27. The Bertz CT molecular complexity index is 1230. The Hall–Kier alpha value is -4.20. The number of aromatic nitrogens is 3. The number of benzene rings is 2. The Morgan fingerprint density at radius 3 is 2.43 bits per heavy atom. The molecule has 0 aliphatic rings. The fraction of sp³-hybridized carbons (Fsp3) is 0.0909. The van der Waals surface area contributed by atoms with Crippen LogP contribution in [0.5, 0.6) is 11.5 Å². The molecule has 0 aliphatic carbocycles. The molecule has 0 aliphatic heterocycles. The molecule has 0 bridgehead atoms. The number of nitrogens with zero attached hydrogens (tertiary/aromatic N) is 3. The first-order valence-corrected chi connectivity index (χ1v) is 9.22. The minimum absolute atomic E-state index is 0.131. The maximum Gasteiger partial charge on any atom is 0.323 e. The van der Waals surface area contributed by atoms with Crippen molar-refractivity contribution >= 4 is 34.1 Å². The molecule has 0 radical (unpaired) electrons. The molecule has 2 aromatic carbocycles. The van der Waals surface area contributed by atoms with Crippen molar-refractivity contribution in [2.75, 3.05) is 10.6 Å². The van der Waals surface area contributed by atoms with E-state index in [1.807, 2.05) is 25.2 Å². The van der Waals surface area contributed by atoms with Gasteiger partial charge >= 0.3 is 6.03 Å². The van der Waals surface area contributed by atoms with E-state index in [0.29, 0.717) is 28.6 Å². The summed E-state index contributed by atoms with van der Waals surface area (Å²) in [6, 6.07) is 15.4. The second kappa shape index (κ2) is 8.04. The van der Waals surface area contributed by atoms with Crippen molar-refractivity contribution in [2.24, 2.45) is 7.05 Å². The zero-order valence-corrected chi connectivity index (χ0v) is 16.4. The smallest absolute Gasteiger partial charge is 0.323 e. The Morgan fingerprint density at radius 2 is 1.67 bits per heavy atom. The van der Waals surface area contributed by atoms with E-state index in [0.717, 1.165) is 10.9 Å². The Balaban J connectivity index is 1.38. The van der Waals surface area contributed by atoms with Gasteiger partial charge in [0.05, 0.1) is 11.7 Å². The number of ketones is 1. The van der Waals surface area contributed by atoms with Crippen LogP contribution >= 0.6 is 0 Å². The first-order chi connectivity index (χ1) is 14.5. The van der Waals surface area contributed by atoms with Crippen LogP contribution in [0, 0.1) is 0 Å². The van der Waals surface area contributed by atoms with Crippen LogP contribution in [0.15, 0.2) is 67.0 Å². The van der Waals surface area contributed by atoms with Crippen molar-refractivity contribution in [3.63, 3.8) is 0 Å². The largest absolute Gasteiger partial charge is 0.457 e. The molecule has 0 unspecified atom stereocenters. The van der Waals surface area contributed by atoms with Gasteiger partial charge in [0.1, 0.15) is 17.2 Å². The third kappa shape index (κ3) is 4.27. The second-order valence-corrected chi connectivity index (χ2v) is 6.68. The molecule has 2 amide bonds. The lowest BCUT2D eigenvalue weighted by Crippen LogP contribution is -2.19. The summed E-state index contributed by atoms with van der Waals surface area (Å²) in [6.45, 7) is 1.45. The predicted molar refractivity (Wildman–Crippen MR) is 114 cm³/mol. The SMILES string of the molecule is CC(=O)c1cc(Oc2ccc(NC(=O)Nc3ccc4c(cnn4C)c3)cc2)ccn1. The monoisotopic (exact) mass is 401 g/mol. The van der Waals surface area contributed by atoms with Gasteiger partial charge in [0, 0.05) is 43.0 Å². The van der Waals surface area contributed by atoms with Crippen LogP contribution in [0.2, 0.25) is 0 Å². The van der Waals surface area contributed by atoms with Crippen LogP contribution in [0.3, 0.4) is 0 Å². The normalized spacial score (nSPS) is 10.6. The molecule has 0 fully saturated rings. The quantitative estimate of drug-likeness (QED) is 0.476. The summed E-state index contributed by atoms with van der Waals surface area (Å²) >= 11 is 0. The number of pyridine rings is 1. The van der Waals surface area contributed by atoms with Crippen LogP contribution in [0.4, 0.5) is 16.2 Å². The van der Waals surface area contributed by atoms with Gasteiger partial charge in [-0.3, -0.25) is 14.5 Å². The van der Waals surface area contributed by atoms with E-state index >= 15 is 0 Å². The number of ether oxygens (including phenoxy) is 1. The molecule has 0 atom stereocenters. The second-order valence-electron chi connectivity index (χ2n) is 6.68. The van der Waals surface area contributed by atoms with Gasteiger partial charge in [-0.05, 0) is 48.5 Å². The Morgan fingerprint density at radius 1 is 0.933 bits per heavy atom. The fourth-order valence-corrected chi connectivity index (χ4v) is 2.94. The minimum atomic E-state index is -0.354. The number of hydrogen-bond donors (Lipinski definition) is 2. The van der Waals surface area contributed by atoms with Crippen LogP contribution in [0.25, 0.3) is 10.9 Å². The van der Waals surface area contributed by atoms with Crippen molar-refractivity contribution in [1.29, 1.82) is 0 Å². The molecule has 30 heavy (non-hydrogen) atoms. The van der Waals surface area contributed by atoms with Crippen LogP contribution in [-0.2, 0) is 7.05 Å². The molecular weight excluding hydrogens is 382 g/mol. The van der Waals surface area contributed by atoms with Crippen molar-refractivity contribution in [1.82, 2.24) is 14.8 Å². The molecular formula is C22H19N5O3. The van der Waals surface area contributed by atoms with E-state index < -0.39 is 0 Å². The van der Waals surface area contributed by atoms with Gasteiger partial charge in [-0.2, -0.15) is 5.10 Å². The number of hydrogen-bond acceptors (Lipinski definition) is 5. The van der Waals surface area contributed by atoms with Gasteiger partial charge in [-0.15, -0.1) is 0 Å². The fourth-order valence-electron chi connectivity index (χ4n) is 2.94. The lowest BCUT2D eigenvalue weighted by Gasteiger charge is -2.10. The number of nitrogens with one attached hydrogen (secondary N) is 2. The summed E-state index contributed by atoms with van der Waals surface area (Å²) in [5, 5.41) is 10.7. The van der Waals surface area contributed by atoms with Crippen LogP contribution in [-0.4, -0.2) is 26.6 Å². The summed E-state index contributed by atoms with van der Waals surface area (Å²) in [5.41, 5.74) is 2.61. The summed E-state index contributed by atoms with van der Waals surface area (Å²) in [4.78, 5) is 27.7. The zero-order chi connectivity index (χ0) is 21.1. The average molecular weight is 401 g/mol. The maximum absolute atomic E-state index is 12.3. The molecule has 2 N–H and O–H groups in total. The third-order valence-corrected chi connectivity index (χ3v) is 4.44. The van der Waals surface area contributed by atoms with Crippen LogP contribution < -0.4 is 15.4 Å². The topological polar surface area (TPSA) is 98.1 Å². The van der Waals surface area contributed by atoms with Crippen molar-refractivity contribution in [3.05, 3.63) is 72.7 Å². The van der Waals surface area contributed by atoms with Crippen molar-refractivity contribution in [2.45, 2.75) is 6.92 Å². The molecule has 2 aromatic heterocycles. The molecule has 8 nitrogen and oxygen atoms in total. The highest BCUT2D eigenvalue weighted by Gasteiger charge is 2.07.